The molecule has 0 amide bonds. The molecule has 0 aromatic rings. The molecule has 0 aromatic carbocycles. The van der Waals surface area contributed by atoms with E-state index >= 15 is 0 Å². The van der Waals surface area contributed by atoms with Crippen molar-refractivity contribution in [1.82, 2.24) is 4.90 Å². The van der Waals surface area contributed by atoms with E-state index in [1.807, 2.05) is 0 Å². The van der Waals surface area contributed by atoms with Crippen LogP contribution in [-0.2, 0) is 4.79 Å². The maximum Gasteiger partial charge on any atom is 0.127 e. The third-order valence-electron chi connectivity index (χ3n) is 4.86. The van der Waals surface area contributed by atoms with E-state index in [0.717, 1.165) is 32.0 Å². The van der Waals surface area contributed by atoms with Crippen LogP contribution in [-0.4, -0.2) is 30.3 Å². The van der Waals surface area contributed by atoms with Gasteiger partial charge in [0.1, 0.15) is 6.29 Å². The summed E-state index contributed by atoms with van der Waals surface area (Å²) < 4.78 is 0. The molecule has 2 aliphatic carbocycles. The predicted octanol–water partition coefficient (Wildman–Crippen LogP) is 3.40. The van der Waals surface area contributed by atoms with E-state index in [1.54, 1.807) is 0 Å². The lowest BCUT2D eigenvalue weighted by molar-refractivity contribution is -0.117. The van der Waals surface area contributed by atoms with Crippen LogP contribution in [0.15, 0.2) is 0 Å². The Balaban J connectivity index is 1.95. The van der Waals surface area contributed by atoms with E-state index in [1.165, 1.54) is 51.2 Å². The third-order valence-corrected chi connectivity index (χ3v) is 4.86. The Labute approximate surface area is 106 Å². The van der Waals surface area contributed by atoms with Gasteiger partial charge >= 0.3 is 0 Å². The van der Waals surface area contributed by atoms with E-state index in [0.29, 0.717) is 0 Å². The molecule has 0 radical (unpaired) electrons. The van der Waals surface area contributed by atoms with E-state index in [9.17, 15) is 4.79 Å². The molecule has 0 bridgehead atoms. The minimum Gasteiger partial charge on any atom is -0.303 e. The topological polar surface area (TPSA) is 20.3 Å². The summed E-state index contributed by atoms with van der Waals surface area (Å²) in [5.41, 5.74) is 0.00740. The van der Waals surface area contributed by atoms with Gasteiger partial charge in [0.15, 0.2) is 0 Å². The fourth-order valence-corrected chi connectivity index (χ4v) is 3.74. The summed E-state index contributed by atoms with van der Waals surface area (Å²) in [4.78, 5) is 14.0. The van der Waals surface area contributed by atoms with Gasteiger partial charge in [-0.3, -0.25) is 4.90 Å². The summed E-state index contributed by atoms with van der Waals surface area (Å²) in [6.45, 7) is 4.39. The highest BCUT2D eigenvalue weighted by Crippen LogP contribution is 2.38. The minimum atomic E-state index is 0.00740. The number of carbonyl (C=O) groups is 1. The van der Waals surface area contributed by atoms with Gasteiger partial charge in [-0.2, -0.15) is 0 Å². The van der Waals surface area contributed by atoms with Crippen LogP contribution < -0.4 is 0 Å². The minimum absolute atomic E-state index is 0.00740. The van der Waals surface area contributed by atoms with Crippen LogP contribution >= 0.6 is 0 Å². The van der Waals surface area contributed by atoms with E-state index in [2.05, 4.69) is 11.8 Å². The predicted molar refractivity (Wildman–Crippen MR) is 71.1 cm³/mol. The lowest BCUT2D eigenvalue weighted by Gasteiger charge is -2.38. The Morgan fingerprint density at radius 3 is 2.29 bits per heavy atom. The Kier molecular flexibility index (Phi) is 4.61. The molecule has 0 saturated heterocycles. The molecule has 2 nitrogen and oxygen atoms in total. The fourth-order valence-electron chi connectivity index (χ4n) is 3.74. The van der Waals surface area contributed by atoms with Crippen LogP contribution in [0.3, 0.4) is 0 Å². The first-order chi connectivity index (χ1) is 8.29. The molecule has 0 aliphatic heterocycles. The number of hydrogen-bond donors (Lipinski definition) is 0. The molecular weight excluding hydrogens is 210 g/mol. The zero-order chi connectivity index (χ0) is 12.1. The first kappa shape index (κ1) is 13.1. The molecule has 17 heavy (non-hydrogen) atoms. The maximum atomic E-state index is 11.4. The molecule has 2 heteroatoms. The van der Waals surface area contributed by atoms with Gasteiger partial charge in [-0.15, -0.1) is 0 Å². The van der Waals surface area contributed by atoms with Crippen LogP contribution in [0.4, 0.5) is 0 Å². The average Bonchev–Trinajstić information content (AvgIpc) is 2.86. The summed E-state index contributed by atoms with van der Waals surface area (Å²) >= 11 is 0. The Hall–Kier alpha value is -0.370. The molecule has 2 saturated carbocycles. The summed E-state index contributed by atoms with van der Waals surface area (Å²) in [5, 5.41) is 0. The van der Waals surface area contributed by atoms with Crippen molar-refractivity contribution in [2.24, 2.45) is 5.41 Å². The van der Waals surface area contributed by atoms with Gasteiger partial charge in [0, 0.05) is 18.0 Å². The van der Waals surface area contributed by atoms with Crippen LogP contribution in [0.1, 0.15) is 64.7 Å². The quantitative estimate of drug-likeness (QED) is 0.683. The molecular formula is C15H27NO. The third kappa shape index (κ3) is 3.09. The number of carbonyl (C=O) groups excluding carboxylic acids is 1. The van der Waals surface area contributed by atoms with Gasteiger partial charge in [0.25, 0.3) is 0 Å². The highest BCUT2D eigenvalue weighted by molar-refractivity contribution is 5.60. The Morgan fingerprint density at radius 2 is 1.76 bits per heavy atom. The van der Waals surface area contributed by atoms with Crippen molar-refractivity contribution in [3.05, 3.63) is 0 Å². The van der Waals surface area contributed by atoms with E-state index in [4.69, 9.17) is 0 Å². The molecule has 98 valence electrons. The smallest absolute Gasteiger partial charge is 0.127 e. The van der Waals surface area contributed by atoms with Crippen molar-refractivity contribution in [1.29, 1.82) is 0 Å². The maximum absolute atomic E-state index is 11.4. The van der Waals surface area contributed by atoms with Crippen LogP contribution in [0.2, 0.25) is 0 Å². The highest BCUT2D eigenvalue weighted by Gasteiger charge is 2.36. The second-order valence-corrected chi connectivity index (χ2v) is 6.04. The molecule has 0 heterocycles. The number of aldehydes is 1. The van der Waals surface area contributed by atoms with Gasteiger partial charge < -0.3 is 4.79 Å². The van der Waals surface area contributed by atoms with Crippen molar-refractivity contribution in [2.75, 3.05) is 13.1 Å². The molecule has 2 aliphatic rings. The highest BCUT2D eigenvalue weighted by atomic mass is 16.1. The van der Waals surface area contributed by atoms with Crippen LogP contribution in [0, 0.1) is 5.41 Å². The Bertz CT molecular complexity index is 239. The number of hydrogen-bond acceptors (Lipinski definition) is 2. The van der Waals surface area contributed by atoms with Crippen molar-refractivity contribution in [3.63, 3.8) is 0 Å². The number of rotatable bonds is 5. The van der Waals surface area contributed by atoms with Gasteiger partial charge in [-0.05, 0) is 32.2 Å². The van der Waals surface area contributed by atoms with Gasteiger partial charge in [0.2, 0.25) is 0 Å². The van der Waals surface area contributed by atoms with Crippen molar-refractivity contribution >= 4 is 6.29 Å². The second-order valence-electron chi connectivity index (χ2n) is 6.04. The molecule has 0 spiro atoms. The molecule has 0 unspecified atom stereocenters. The zero-order valence-corrected chi connectivity index (χ0v) is 11.3. The average molecular weight is 237 g/mol. The van der Waals surface area contributed by atoms with Gasteiger partial charge in [-0.25, -0.2) is 0 Å². The summed E-state index contributed by atoms with van der Waals surface area (Å²) in [7, 11) is 0. The lowest BCUT2D eigenvalue weighted by atomic mass is 9.85. The monoisotopic (exact) mass is 237 g/mol. The molecule has 2 fully saturated rings. The summed E-state index contributed by atoms with van der Waals surface area (Å²) in [6.07, 6.45) is 12.9. The van der Waals surface area contributed by atoms with Gasteiger partial charge in [0.05, 0.1) is 0 Å². The van der Waals surface area contributed by atoms with Crippen LogP contribution in [0.25, 0.3) is 0 Å². The lowest BCUT2D eigenvalue weighted by Crippen LogP contribution is -2.44. The van der Waals surface area contributed by atoms with E-state index in [-0.39, 0.29) is 5.41 Å². The Morgan fingerprint density at radius 1 is 1.12 bits per heavy atom. The summed E-state index contributed by atoms with van der Waals surface area (Å²) in [5.74, 6) is 0. The first-order valence-electron chi connectivity index (χ1n) is 7.50. The van der Waals surface area contributed by atoms with Crippen molar-refractivity contribution in [2.45, 2.75) is 70.8 Å². The SMILES string of the molecule is CCN(CC1(C=O)CCCC1)C1CCCCC1. The van der Waals surface area contributed by atoms with E-state index < -0.39 is 0 Å². The van der Waals surface area contributed by atoms with Crippen molar-refractivity contribution < 1.29 is 4.79 Å². The normalized spacial score (nSPS) is 25.3. The fraction of sp³-hybridized carbons (Fsp3) is 0.933. The van der Waals surface area contributed by atoms with Crippen LogP contribution in [0.5, 0.6) is 0 Å². The zero-order valence-electron chi connectivity index (χ0n) is 11.3. The molecule has 0 N–H and O–H groups in total. The summed E-state index contributed by atoms with van der Waals surface area (Å²) in [6, 6.07) is 0.756. The number of nitrogens with zero attached hydrogens (tertiary/aromatic N) is 1. The second kappa shape index (κ2) is 5.99. The van der Waals surface area contributed by atoms with Gasteiger partial charge in [-0.1, -0.05) is 39.0 Å². The largest absolute Gasteiger partial charge is 0.303 e. The molecule has 0 atom stereocenters. The first-order valence-corrected chi connectivity index (χ1v) is 7.50. The standard InChI is InChI=1S/C15H27NO/c1-2-16(14-8-4-3-5-9-14)12-15(13-17)10-6-7-11-15/h13-14H,2-12H2,1H3. The molecule has 0 aromatic heterocycles. The van der Waals surface area contributed by atoms with Crippen molar-refractivity contribution in [3.8, 4) is 0 Å². The molecule has 2 rings (SSSR count).